The average Bonchev–Trinajstić information content (AvgIpc) is 3.46. The van der Waals surface area contributed by atoms with Crippen molar-refractivity contribution in [1.82, 2.24) is 18.5 Å². The Balaban J connectivity index is 1.54. The Labute approximate surface area is 225 Å². The Bertz CT molecular complexity index is 1560. The van der Waals surface area contributed by atoms with Gasteiger partial charge in [-0.25, -0.2) is 22.4 Å². The van der Waals surface area contributed by atoms with Gasteiger partial charge in [-0.1, -0.05) is 39.0 Å². The van der Waals surface area contributed by atoms with Crippen LogP contribution in [0.5, 0.6) is 0 Å². The summed E-state index contributed by atoms with van der Waals surface area (Å²) < 4.78 is 36.9. The number of fused-ring (bicyclic) bond motifs is 3. The molecule has 38 heavy (non-hydrogen) atoms. The summed E-state index contributed by atoms with van der Waals surface area (Å²) in [5.74, 6) is 0.585. The maximum atomic E-state index is 13.4. The summed E-state index contributed by atoms with van der Waals surface area (Å²) in [4.78, 5) is 9.46. The first kappa shape index (κ1) is 27.0. The molecule has 3 heterocycles. The van der Waals surface area contributed by atoms with Gasteiger partial charge in [-0.15, -0.1) is 0 Å². The number of aliphatic hydroxyl groups excluding tert-OH is 1. The highest BCUT2D eigenvalue weighted by atomic mass is 32.2. The number of rotatable bonds is 6. The summed E-state index contributed by atoms with van der Waals surface area (Å²) in [5.41, 5.74) is 1.83. The number of benzene rings is 1. The number of pyridine rings is 1. The van der Waals surface area contributed by atoms with Gasteiger partial charge in [0.1, 0.15) is 17.4 Å². The maximum absolute atomic E-state index is 13.4. The zero-order valence-electron chi connectivity index (χ0n) is 23.0. The van der Waals surface area contributed by atoms with Gasteiger partial charge in [-0.05, 0) is 68.9 Å². The molecule has 1 N–H and O–H groups in total. The first-order valence-electron chi connectivity index (χ1n) is 13.4. The quantitative estimate of drug-likeness (QED) is 0.286. The first-order chi connectivity index (χ1) is 17.8. The van der Waals surface area contributed by atoms with E-state index in [0.29, 0.717) is 22.4 Å². The van der Waals surface area contributed by atoms with E-state index in [9.17, 15) is 13.5 Å². The second-order valence-corrected chi connectivity index (χ2v) is 18.6. The van der Waals surface area contributed by atoms with E-state index < -0.39 is 24.4 Å². The molecule has 1 atom stereocenters. The fourth-order valence-electron chi connectivity index (χ4n) is 5.24. The molecule has 5 rings (SSSR count). The van der Waals surface area contributed by atoms with Gasteiger partial charge in [0, 0.05) is 23.7 Å². The minimum atomic E-state index is -3.81. The Morgan fingerprint density at radius 3 is 2.34 bits per heavy atom. The van der Waals surface area contributed by atoms with Gasteiger partial charge >= 0.3 is 0 Å². The average molecular weight is 555 g/mol. The third-order valence-corrected chi connectivity index (χ3v) is 14.5. The van der Waals surface area contributed by atoms with Crippen molar-refractivity contribution in [2.75, 3.05) is 0 Å². The van der Waals surface area contributed by atoms with Gasteiger partial charge in [-0.2, -0.15) is 0 Å². The van der Waals surface area contributed by atoms with Crippen LogP contribution in [-0.2, 0) is 14.4 Å². The lowest BCUT2D eigenvalue weighted by molar-refractivity contribution is 0.114. The molecule has 1 aromatic carbocycles. The van der Waals surface area contributed by atoms with Crippen LogP contribution < -0.4 is 0 Å². The van der Waals surface area contributed by atoms with Crippen LogP contribution in [-0.4, -0.2) is 46.5 Å². The van der Waals surface area contributed by atoms with Crippen molar-refractivity contribution in [3.8, 4) is 0 Å². The monoisotopic (exact) mass is 554 g/mol. The molecule has 204 valence electrons. The van der Waals surface area contributed by atoms with Gasteiger partial charge < -0.3 is 14.1 Å². The van der Waals surface area contributed by atoms with Crippen molar-refractivity contribution < 1.29 is 18.0 Å². The van der Waals surface area contributed by atoms with Crippen molar-refractivity contribution in [3.63, 3.8) is 0 Å². The van der Waals surface area contributed by atoms with Gasteiger partial charge in [-0.3, -0.25) is 0 Å². The largest absolute Gasteiger partial charge is 0.414 e. The van der Waals surface area contributed by atoms with E-state index in [-0.39, 0.29) is 22.1 Å². The third kappa shape index (κ3) is 4.61. The fourth-order valence-corrected chi connectivity index (χ4v) is 7.99. The topological polar surface area (TPSA) is 99.2 Å². The van der Waals surface area contributed by atoms with Crippen molar-refractivity contribution >= 4 is 40.4 Å². The lowest BCUT2D eigenvalue weighted by Crippen LogP contribution is -2.44. The Morgan fingerprint density at radius 2 is 1.74 bits per heavy atom. The first-order valence-corrected chi connectivity index (χ1v) is 17.7. The van der Waals surface area contributed by atoms with Crippen molar-refractivity contribution in [3.05, 3.63) is 54.6 Å². The molecule has 0 aliphatic heterocycles. The molecule has 1 saturated carbocycles. The van der Waals surface area contributed by atoms with E-state index in [0.717, 1.165) is 31.2 Å². The van der Waals surface area contributed by atoms with Crippen LogP contribution in [0, 0.1) is 0 Å². The Morgan fingerprint density at radius 1 is 1.08 bits per heavy atom. The number of hydrogen-bond donors (Lipinski definition) is 1. The molecule has 0 unspecified atom stereocenters. The van der Waals surface area contributed by atoms with Crippen LogP contribution in [0.3, 0.4) is 0 Å². The highest BCUT2D eigenvalue weighted by Crippen LogP contribution is 2.42. The lowest BCUT2D eigenvalue weighted by atomic mass is 9.92. The summed E-state index contributed by atoms with van der Waals surface area (Å²) in [6.07, 6.45) is 6.31. The molecule has 0 saturated heterocycles. The van der Waals surface area contributed by atoms with Gasteiger partial charge in [0.15, 0.2) is 14.0 Å². The zero-order chi connectivity index (χ0) is 27.5. The summed E-state index contributed by atoms with van der Waals surface area (Å²) >= 11 is 0. The van der Waals surface area contributed by atoms with E-state index in [4.69, 9.17) is 9.41 Å². The number of nitrogens with zero attached hydrogens (tertiary/aromatic N) is 4. The summed E-state index contributed by atoms with van der Waals surface area (Å²) in [6.45, 7) is 13.1. The Hall–Kier alpha value is -2.53. The third-order valence-electron chi connectivity index (χ3n) is 8.31. The predicted molar refractivity (Wildman–Crippen MR) is 152 cm³/mol. The van der Waals surface area contributed by atoms with Crippen molar-refractivity contribution in [1.29, 1.82) is 0 Å². The van der Waals surface area contributed by atoms with Crippen LogP contribution in [0.1, 0.15) is 71.3 Å². The van der Waals surface area contributed by atoms with Crippen LogP contribution >= 0.6 is 0 Å². The molecule has 0 amide bonds. The normalized spacial score (nSPS) is 20.3. The van der Waals surface area contributed by atoms with Gasteiger partial charge in [0.25, 0.3) is 10.0 Å². The van der Waals surface area contributed by atoms with Gasteiger partial charge in [0.05, 0.1) is 16.6 Å². The standard InChI is InChI=1S/C28H38N4O4SSi/c1-19(33)26-30-24-18-29-27-23(16-17-31(27)37(34,35)22-10-8-7-9-11-22)25(24)32(26)20-12-14-21(15-13-20)36-38(5,6)28(2,3)4/h7-11,16-21,33H,12-15H2,1-6H3/t19-,20?,21?/m1/s1. The maximum Gasteiger partial charge on any atom is 0.269 e. The highest BCUT2D eigenvalue weighted by Gasteiger charge is 2.40. The molecule has 1 fully saturated rings. The second-order valence-electron chi connectivity index (χ2n) is 12.0. The van der Waals surface area contributed by atoms with Crippen LogP contribution in [0.2, 0.25) is 18.1 Å². The molecular formula is C28H38N4O4SSi. The highest BCUT2D eigenvalue weighted by molar-refractivity contribution is 7.90. The smallest absolute Gasteiger partial charge is 0.269 e. The van der Waals surface area contributed by atoms with E-state index in [1.165, 1.54) is 3.97 Å². The molecular weight excluding hydrogens is 516 g/mol. The van der Waals surface area contributed by atoms with E-state index in [1.807, 2.05) is 0 Å². The minimum Gasteiger partial charge on any atom is -0.414 e. The van der Waals surface area contributed by atoms with Crippen LogP contribution in [0.15, 0.2) is 53.7 Å². The SMILES string of the molecule is C[C@@H](O)c1nc2cnc3c(ccn3S(=O)(=O)c3ccccc3)c2n1C1CCC(O[Si](C)(C)C(C)(C)C)CC1. The van der Waals surface area contributed by atoms with Crippen molar-refractivity contribution in [2.45, 2.75) is 94.7 Å². The molecule has 8 nitrogen and oxygen atoms in total. The van der Waals surface area contributed by atoms with Crippen LogP contribution in [0.4, 0.5) is 0 Å². The fraction of sp³-hybridized carbons (Fsp3) is 0.500. The van der Waals surface area contributed by atoms with E-state index in [1.54, 1.807) is 55.7 Å². The lowest BCUT2D eigenvalue weighted by Gasteiger charge is -2.41. The molecule has 0 bridgehead atoms. The van der Waals surface area contributed by atoms with Crippen LogP contribution in [0.25, 0.3) is 22.1 Å². The predicted octanol–water partition coefficient (Wildman–Crippen LogP) is 6.18. The number of hydrogen-bond acceptors (Lipinski definition) is 6. The molecule has 1 aliphatic carbocycles. The molecule has 1 aliphatic rings. The number of aromatic nitrogens is 4. The number of imidazole rings is 1. The zero-order valence-corrected chi connectivity index (χ0v) is 24.9. The number of aliphatic hydroxyl groups is 1. The molecule has 0 spiro atoms. The van der Waals surface area contributed by atoms with E-state index >= 15 is 0 Å². The molecule has 10 heteroatoms. The molecule has 3 aromatic heterocycles. The second kappa shape index (κ2) is 9.58. The summed E-state index contributed by atoms with van der Waals surface area (Å²) in [6, 6.07) is 10.3. The molecule has 4 aromatic rings. The Kier molecular flexibility index (Phi) is 6.82. The minimum absolute atomic E-state index is 0.128. The summed E-state index contributed by atoms with van der Waals surface area (Å²) in [7, 11) is -5.67. The van der Waals surface area contributed by atoms with Crippen molar-refractivity contribution in [2.24, 2.45) is 0 Å². The van der Waals surface area contributed by atoms with Gasteiger partial charge in [0.2, 0.25) is 0 Å². The van der Waals surface area contributed by atoms with E-state index in [2.05, 4.69) is 43.4 Å². The molecule has 0 radical (unpaired) electrons. The summed E-state index contributed by atoms with van der Waals surface area (Å²) in [5, 5.41) is 11.5.